The van der Waals surface area contributed by atoms with E-state index >= 15 is 0 Å². The Balaban J connectivity index is 0.000000288. The Kier molecular flexibility index (Phi) is 7.31. The predicted molar refractivity (Wildman–Crippen MR) is 60.4 cm³/mol. The SMILES string of the molecule is CCCC(N)=O.OB(O)c1ccccc1. The lowest BCUT2D eigenvalue weighted by Crippen LogP contribution is -2.29. The maximum absolute atomic E-state index is 9.82. The highest BCUT2D eigenvalue weighted by Crippen LogP contribution is 1.82. The third kappa shape index (κ3) is 7.72. The fraction of sp³-hybridized carbons (Fsp3) is 0.300. The molecule has 0 saturated heterocycles. The minimum Gasteiger partial charge on any atom is -0.423 e. The highest BCUT2D eigenvalue weighted by Gasteiger charge is 2.07. The molecule has 1 aromatic carbocycles. The molecule has 0 radical (unpaired) electrons. The fourth-order valence-corrected chi connectivity index (χ4v) is 0.872. The van der Waals surface area contributed by atoms with Crippen molar-refractivity contribution in [1.82, 2.24) is 0 Å². The van der Waals surface area contributed by atoms with E-state index in [4.69, 9.17) is 15.8 Å². The summed E-state index contributed by atoms with van der Waals surface area (Å²) < 4.78 is 0. The summed E-state index contributed by atoms with van der Waals surface area (Å²) >= 11 is 0. The molecule has 5 heteroatoms. The second-order valence-electron chi connectivity index (χ2n) is 3.00. The number of hydrogen-bond donors (Lipinski definition) is 3. The van der Waals surface area contributed by atoms with Gasteiger partial charge in [-0.3, -0.25) is 4.79 Å². The molecular weight excluding hydrogens is 193 g/mol. The molecule has 0 heterocycles. The average Bonchev–Trinajstić information content (AvgIpc) is 2.20. The van der Waals surface area contributed by atoms with E-state index in [9.17, 15) is 4.79 Å². The average molecular weight is 209 g/mol. The maximum Gasteiger partial charge on any atom is 0.488 e. The number of hydrogen-bond acceptors (Lipinski definition) is 3. The topological polar surface area (TPSA) is 83.6 Å². The van der Waals surface area contributed by atoms with Gasteiger partial charge in [-0.15, -0.1) is 0 Å². The van der Waals surface area contributed by atoms with Crippen LogP contribution in [0.1, 0.15) is 19.8 Å². The van der Waals surface area contributed by atoms with Crippen LogP contribution in [0.2, 0.25) is 0 Å². The Morgan fingerprint density at radius 1 is 1.33 bits per heavy atom. The lowest BCUT2D eigenvalue weighted by molar-refractivity contribution is -0.118. The van der Waals surface area contributed by atoms with Crippen molar-refractivity contribution in [3.05, 3.63) is 30.3 Å². The molecule has 82 valence electrons. The number of rotatable bonds is 3. The molecule has 1 aromatic rings. The number of benzene rings is 1. The van der Waals surface area contributed by atoms with Gasteiger partial charge in [-0.2, -0.15) is 0 Å². The van der Waals surface area contributed by atoms with Crippen molar-refractivity contribution < 1.29 is 14.8 Å². The fourth-order valence-electron chi connectivity index (χ4n) is 0.872. The Morgan fingerprint density at radius 2 is 1.87 bits per heavy atom. The molecule has 4 N–H and O–H groups in total. The van der Waals surface area contributed by atoms with Crippen LogP contribution in [0, 0.1) is 0 Å². The van der Waals surface area contributed by atoms with Crippen molar-refractivity contribution in [2.45, 2.75) is 19.8 Å². The van der Waals surface area contributed by atoms with Crippen molar-refractivity contribution in [3.8, 4) is 0 Å². The minimum atomic E-state index is -1.34. The Bertz CT molecular complexity index is 277. The van der Waals surface area contributed by atoms with Crippen molar-refractivity contribution in [2.75, 3.05) is 0 Å². The van der Waals surface area contributed by atoms with Gasteiger partial charge in [0.1, 0.15) is 0 Å². The highest BCUT2D eigenvalue weighted by molar-refractivity contribution is 6.58. The van der Waals surface area contributed by atoms with Gasteiger partial charge in [0.25, 0.3) is 0 Å². The molecular formula is C10H16BNO3. The third-order valence-electron chi connectivity index (χ3n) is 1.59. The Morgan fingerprint density at radius 3 is 2.07 bits per heavy atom. The zero-order valence-corrected chi connectivity index (χ0v) is 8.76. The molecule has 1 amide bonds. The predicted octanol–water partition coefficient (Wildman–Crippen LogP) is -0.362. The number of amides is 1. The van der Waals surface area contributed by atoms with E-state index < -0.39 is 7.12 Å². The van der Waals surface area contributed by atoms with E-state index in [-0.39, 0.29) is 5.91 Å². The van der Waals surface area contributed by atoms with E-state index in [2.05, 4.69) is 0 Å². The monoisotopic (exact) mass is 209 g/mol. The number of primary amides is 1. The van der Waals surface area contributed by atoms with Crippen LogP contribution in [0.5, 0.6) is 0 Å². The molecule has 0 aromatic heterocycles. The summed E-state index contributed by atoms with van der Waals surface area (Å²) in [5, 5.41) is 17.2. The van der Waals surface area contributed by atoms with Gasteiger partial charge in [-0.1, -0.05) is 37.3 Å². The molecule has 0 aliphatic carbocycles. The molecule has 0 unspecified atom stereocenters. The van der Waals surface area contributed by atoms with Crippen molar-refractivity contribution in [3.63, 3.8) is 0 Å². The van der Waals surface area contributed by atoms with Crippen LogP contribution in [-0.2, 0) is 4.79 Å². The lowest BCUT2D eigenvalue weighted by atomic mass is 9.81. The molecule has 0 atom stereocenters. The summed E-state index contributed by atoms with van der Waals surface area (Å²) in [5.41, 5.74) is 5.29. The summed E-state index contributed by atoms with van der Waals surface area (Å²) in [6, 6.07) is 8.66. The van der Waals surface area contributed by atoms with Crippen LogP contribution in [-0.4, -0.2) is 23.1 Å². The highest BCUT2D eigenvalue weighted by atomic mass is 16.4. The molecule has 0 fully saturated rings. The second kappa shape index (κ2) is 8.02. The van der Waals surface area contributed by atoms with Crippen LogP contribution in [0.4, 0.5) is 0 Å². The first kappa shape index (κ1) is 13.7. The van der Waals surface area contributed by atoms with E-state index in [1.807, 2.05) is 13.0 Å². The maximum atomic E-state index is 9.82. The minimum absolute atomic E-state index is 0.211. The van der Waals surface area contributed by atoms with Gasteiger partial charge in [0.2, 0.25) is 5.91 Å². The largest absolute Gasteiger partial charge is 0.488 e. The van der Waals surface area contributed by atoms with Crippen LogP contribution < -0.4 is 11.2 Å². The molecule has 0 saturated carbocycles. The van der Waals surface area contributed by atoms with E-state index in [0.29, 0.717) is 11.9 Å². The quantitative estimate of drug-likeness (QED) is 0.594. The smallest absolute Gasteiger partial charge is 0.423 e. The number of nitrogens with two attached hydrogens (primary N) is 1. The van der Waals surface area contributed by atoms with Gasteiger partial charge < -0.3 is 15.8 Å². The van der Waals surface area contributed by atoms with Crippen LogP contribution in [0.15, 0.2) is 30.3 Å². The van der Waals surface area contributed by atoms with Crippen LogP contribution in [0.3, 0.4) is 0 Å². The lowest BCUT2D eigenvalue weighted by Gasteiger charge is -1.94. The first-order valence-electron chi connectivity index (χ1n) is 4.77. The third-order valence-corrected chi connectivity index (χ3v) is 1.59. The normalized spacial score (nSPS) is 8.73. The van der Waals surface area contributed by atoms with Crippen molar-refractivity contribution >= 4 is 18.5 Å². The summed E-state index contributed by atoms with van der Waals surface area (Å²) in [7, 11) is -1.34. The zero-order valence-electron chi connectivity index (χ0n) is 8.76. The first-order valence-corrected chi connectivity index (χ1v) is 4.77. The standard InChI is InChI=1S/C6H7BO2.C4H9NO/c8-7(9)6-4-2-1-3-5-6;1-2-3-4(5)6/h1-5,8-9H;2-3H2,1H3,(H2,5,6). The molecule has 0 spiro atoms. The molecule has 0 aliphatic rings. The summed E-state index contributed by atoms with van der Waals surface area (Å²) in [6.45, 7) is 1.92. The van der Waals surface area contributed by atoms with Gasteiger partial charge >= 0.3 is 7.12 Å². The second-order valence-corrected chi connectivity index (χ2v) is 3.00. The van der Waals surface area contributed by atoms with Gasteiger partial charge in [0.15, 0.2) is 0 Å². The van der Waals surface area contributed by atoms with Crippen molar-refractivity contribution in [1.29, 1.82) is 0 Å². The molecule has 15 heavy (non-hydrogen) atoms. The van der Waals surface area contributed by atoms with E-state index in [1.165, 1.54) is 0 Å². The van der Waals surface area contributed by atoms with E-state index in [1.54, 1.807) is 24.3 Å². The molecule has 4 nitrogen and oxygen atoms in total. The summed E-state index contributed by atoms with van der Waals surface area (Å²) in [4.78, 5) is 9.82. The zero-order chi connectivity index (χ0) is 11.7. The molecule has 0 aliphatic heterocycles. The molecule has 1 rings (SSSR count). The summed E-state index contributed by atoms with van der Waals surface area (Å²) in [5.74, 6) is -0.211. The van der Waals surface area contributed by atoms with Gasteiger partial charge in [0.05, 0.1) is 0 Å². The number of carbonyl (C=O) groups is 1. The number of carbonyl (C=O) groups excluding carboxylic acids is 1. The van der Waals surface area contributed by atoms with E-state index in [0.717, 1.165) is 6.42 Å². The van der Waals surface area contributed by atoms with Crippen LogP contribution >= 0.6 is 0 Å². The Labute approximate surface area is 89.9 Å². The first-order chi connectivity index (χ1) is 7.07. The summed E-state index contributed by atoms with van der Waals surface area (Å²) in [6.07, 6.45) is 1.37. The van der Waals surface area contributed by atoms with Gasteiger partial charge in [0, 0.05) is 6.42 Å². The van der Waals surface area contributed by atoms with Gasteiger partial charge in [-0.25, -0.2) is 0 Å². The Hall–Kier alpha value is -1.33. The van der Waals surface area contributed by atoms with Crippen LogP contribution in [0.25, 0.3) is 0 Å². The molecule has 0 bridgehead atoms. The van der Waals surface area contributed by atoms with Crippen molar-refractivity contribution in [2.24, 2.45) is 5.73 Å². The van der Waals surface area contributed by atoms with Gasteiger partial charge in [-0.05, 0) is 11.9 Å².